The molecule has 1 unspecified atom stereocenters. The zero-order valence-electron chi connectivity index (χ0n) is 19.9. The Morgan fingerprint density at radius 3 is 1.21 bits per heavy atom. The van der Waals surface area contributed by atoms with Crippen LogP contribution in [0.1, 0.15) is 136 Å². The quantitative estimate of drug-likeness (QED) is 0.156. The highest BCUT2D eigenvalue weighted by Gasteiger charge is 2.41. The summed E-state index contributed by atoms with van der Waals surface area (Å²) in [4.78, 5) is 0. The molecule has 0 aliphatic heterocycles. The highest BCUT2D eigenvalue weighted by atomic mass is 32.2. The number of hydrogen-bond donors (Lipinski definition) is 2. The lowest BCUT2D eigenvalue weighted by molar-refractivity contribution is 0.120. The zero-order valence-corrected chi connectivity index (χ0v) is 20.7. The molecule has 0 heterocycles. The molecule has 0 rings (SSSR count). The Labute approximate surface area is 181 Å². The molecule has 0 aliphatic carbocycles. The first-order valence-corrected chi connectivity index (χ1v) is 13.4. The number of aliphatic hydroxyl groups excluding tert-OH is 1. The highest BCUT2D eigenvalue weighted by molar-refractivity contribution is 7.87. The first kappa shape index (κ1) is 31.0. The lowest BCUT2D eigenvalue weighted by Gasteiger charge is -2.39. The molecule has 0 saturated carbocycles. The molecule has 0 radical (unpaired) electrons. The van der Waals surface area contributed by atoms with Crippen LogP contribution in [-0.4, -0.2) is 28.9 Å². The fourth-order valence-corrected chi connectivity index (χ4v) is 5.32. The van der Waals surface area contributed by atoms with Crippen LogP contribution in [0.15, 0.2) is 0 Å². The molecule has 0 saturated heterocycles. The van der Waals surface area contributed by atoms with Crippen molar-refractivity contribution in [1.82, 2.24) is 6.15 Å². The smallest absolute Gasteiger partial charge is 0.103 e. The van der Waals surface area contributed by atoms with Crippen LogP contribution in [0.4, 0.5) is 0 Å². The van der Waals surface area contributed by atoms with Gasteiger partial charge in [0.05, 0.1) is 10.9 Å². The normalized spacial score (nSPS) is 13.3. The van der Waals surface area contributed by atoms with Gasteiger partial charge in [0.1, 0.15) is 10.1 Å². The van der Waals surface area contributed by atoms with Crippen molar-refractivity contribution in [3.63, 3.8) is 0 Å². The third kappa shape index (κ3) is 13.7. The van der Waals surface area contributed by atoms with Crippen LogP contribution in [0.3, 0.4) is 0 Å². The fourth-order valence-electron chi connectivity index (χ4n) is 4.12. The van der Waals surface area contributed by atoms with Crippen LogP contribution >= 0.6 is 0 Å². The molecule has 178 valence electrons. The van der Waals surface area contributed by atoms with Crippen molar-refractivity contribution in [2.45, 2.75) is 147 Å². The van der Waals surface area contributed by atoms with Gasteiger partial charge in [-0.25, -0.2) is 8.42 Å². The van der Waals surface area contributed by atoms with Crippen molar-refractivity contribution in [2.24, 2.45) is 0 Å². The zero-order chi connectivity index (χ0) is 21.3. The van der Waals surface area contributed by atoms with Crippen LogP contribution in [-0.2, 0) is 10.1 Å². The Morgan fingerprint density at radius 2 is 0.966 bits per heavy atom. The lowest BCUT2D eigenvalue weighted by Crippen LogP contribution is -2.48. The van der Waals surface area contributed by atoms with Crippen molar-refractivity contribution >= 4 is 10.1 Å². The van der Waals surface area contributed by atoms with Gasteiger partial charge < -0.3 is 15.8 Å². The second-order valence-electron chi connectivity index (χ2n) is 8.64. The van der Waals surface area contributed by atoms with E-state index in [1.54, 1.807) is 0 Å². The van der Waals surface area contributed by atoms with Crippen LogP contribution in [0.2, 0.25) is 0 Å². The fraction of sp³-hybridized carbons (Fsp3) is 1.00. The standard InChI is InChI=1S/C23H48O4S.H3N/c1-4-6-8-10-12-14-16-18-20-23(22(3)24,28(25,26)27)21-19-17-15-13-11-9-7-5-2;/h22,24H,4-21H2,1-3H3,(H,25,26,27);1H3. The maximum absolute atomic E-state index is 12.1. The Balaban J connectivity index is 0. The molecular weight excluding hydrogens is 386 g/mol. The summed E-state index contributed by atoms with van der Waals surface area (Å²) in [6, 6.07) is 0. The van der Waals surface area contributed by atoms with Crippen molar-refractivity contribution in [3.05, 3.63) is 0 Å². The Kier molecular flexibility index (Phi) is 19.9. The van der Waals surface area contributed by atoms with Crippen molar-refractivity contribution in [2.75, 3.05) is 0 Å². The van der Waals surface area contributed by atoms with E-state index in [0.717, 1.165) is 25.7 Å². The second-order valence-corrected chi connectivity index (χ2v) is 10.4. The van der Waals surface area contributed by atoms with Gasteiger partial charge in [-0.2, -0.15) is 0 Å². The second kappa shape index (κ2) is 18.6. The molecule has 1 atom stereocenters. The number of hydrogen-bond acceptors (Lipinski definition) is 4. The van der Waals surface area contributed by atoms with Gasteiger partial charge >= 0.3 is 0 Å². The number of aliphatic hydroxyl groups is 1. The summed E-state index contributed by atoms with van der Waals surface area (Å²) in [5.74, 6) is 0. The molecular formula is C23H51NO4S. The van der Waals surface area contributed by atoms with E-state index in [0.29, 0.717) is 25.7 Å². The minimum atomic E-state index is -4.54. The predicted molar refractivity (Wildman–Crippen MR) is 125 cm³/mol. The van der Waals surface area contributed by atoms with Crippen molar-refractivity contribution in [1.29, 1.82) is 0 Å². The van der Waals surface area contributed by atoms with E-state index in [2.05, 4.69) is 13.8 Å². The largest absolute Gasteiger partial charge is 0.747 e. The number of quaternary nitrogens is 1. The average Bonchev–Trinajstić information content (AvgIpc) is 2.63. The minimum Gasteiger partial charge on any atom is -0.747 e. The van der Waals surface area contributed by atoms with Crippen LogP contribution in [0.25, 0.3) is 0 Å². The Hall–Kier alpha value is -0.170. The molecule has 0 aromatic heterocycles. The monoisotopic (exact) mass is 437 g/mol. The van der Waals surface area contributed by atoms with Crippen LogP contribution in [0, 0.1) is 0 Å². The van der Waals surface area contributed by atoms with E-state index in [1.165, 1.54) is 71.1 Å². The molecule has 29 heavy (non-hydrogen) atoms. The van der Waals surface area contributed by atoms with Gasteiger partial charge in [0.25, 0.3) is 0 Å². The maximum Gasteiger partial charge on any atom is 0.103 e. The molecule has 0 aliphatic rings. The van der Waals surface area contributed by atoms with Gasteiger partial charge in [-0.3, -0.25) is 0 Å². The first-order chi connectivity index (χ1) is 13.3. The van der Waals surface area contributed by atoms with E-state index in [9.17, 15) is 18.1 Å². The summed E-state index contributed by atoms with van der Waals surface area (Å²) in [6.07, 6.45) is 17.3. The molecule has 0 bridgehead atoms. The summed E-state index contributed by atoms with van der Waals surface area (Å²) < 4.78 is 34.7. The third-order valence-corrected chi connectivity index (χ3v) is 7.91. The first-order valence-electron chi connectivity index (χ1n) is 11.9. The molecule has 0 fully saturated rings. The Bertz CT molecular complexity index is 432. The molecule has 6 heteroatoms. The van der Waals surface area contributed by atoms with E-state index >= 15 is 0 Å². The summed E-state index contributed by atoms with van der Waals surface area (Å²) in [5, 5.41) is 10.2. The van der Waals surface area contributed by atoms with E-state index in [-0.39, 0.29) is 6.15 Å². The molecule has 0 aromatic carbocycles. The van der Waals surface area contributed by atoms with Crippen molar-refractivity contribution < 1.29 is 18.1 Å². The van der Waals surface area contributed by atoms with Gasteiger partial charge in [0.2, 0.25) is 0 Å². The molecule has 0 amide bonds. The average molecular weight is 438 g/mol. The van der Waals surface area contributed by atoms with E-state index in [4.69, 9.17) is 0 Å². The van der Waals surface area contributed by atoms with Gasteiger partial charge in [-0.1, -0.05) is 117 Å². The van der Waals surface area contributed by atoms with Crippen LogP contribution in [0.5, 0.6) is 0 Å². The SMILES string of the molecule is CCCCCCCCCCC(CCCCCCCCCC)(C(C)O)S(=O)(=O)[O-].[NH4+]. The Morgan fingerprint density at radius 1 is 0.690 bits per heavy atom. The van der Waals surface area contributed by atoms with Gasteiger partial charge in [-0.15, -0.1) is 0 Å². The summed E-state index contributed by atoms with van der Waals surface area (Å²) >= 11 is 0. The summed E-state index contributed by atoms with van der Waals surface area (Å²) in [6.45, 7) is 5.88. The lowest BCUT2D eigenvalue weighted by atomic mass is 9.89. The van der Waals surface area contributed by atoms with E-state index in [1.807, 2.05) is 0 Å². The summed E-state index contributed by atoms with van der Waals surface area (Å²) in [7, 11) is -4.54. The third-order valence-electron chi connectivity index (χ3n) is 6.17. The van der Waals surface area contributed by atoms with Gasteiger partial charge in [0, 0.05) is 0 Å². The minimum absolute atomic E-state index is 0. The molecule has 5 nitrogen and oxygen atoms in total. The number of unbranched alkanes of at least 4 members (excludes halogenated alkanes) is 14. The van der Waals surface area contributed by atoms with Crippen LogP contribution < -0.4 is 6.15 Å². The van der Waals surface area contributed by atoms with Crippen molar-refractivity contribution in [3.8, 4) is 0 Å². The molecule has 0 aromatic rings. The maximum atomic E-state index is 12.1. The van der Waals surface area contributed by atoms with Gasteiger partial charge in [0.15, 0.2) is 0 Å². The van der Waals surface area contributed by atoms with Gasteiger partial charge in [-0.05, 0) is 19.8 Å². The highest BCUT2D eigenvalue weighted by Crippen LogP contribution is 2.34. The summed E-state index contributed by atoms with van der Waals surface area (Å²) in [5.41, 5.74) is 0. The van der Waals surface area contributed by atoms with E-state index < -0.39 is 21.0 Å². The predicted octanol–water partition coefficient (Wildman–Crippen LogP) is 7.09. The number of rotatable bonds is 20. The molecule has 0 spiro atoms. The molecule has 5 N–H and O–H groups in total. The topological polar surface area (TPSA) is 114 Å².